The van der Waals surface area contributed by atoms with Crippen LogP contribution >= 0.6 is 0 Å². The summed E-state index contributed by atoms with van der Waals surface area (Å²) >= 11 is 0. The molecule has 0 aliphatic carbocycles. The number of nitrogens with two attached hydrogens (primary N) is 1. The van der Waals surface area contributed by atoms with Crippen LogP contribution < -0.4 is 15.4 Å². The van der Waals surface area contributed by atoms with Crippen molar-refractivity contribution < 1.29 is 13.5 Å². The standard InChI is InChI=1S/C9H13F2N3O/c1-14(5-4-12)8-3-2-7(6-13-8)15-9(10)11/h2-3,6,9H,4-5,12H2,1H3. The van der Waals surface area contributed by atoms with Crippen LogP contribution in [-0.4, -0.2) is 31.7 Å². The van der Waals surface area contributed by atoms with Crippen molar-refractivity contribution >= 4 is 5.82 Å². The zero-order valence-corrected chi connectivity index (χ0v) is 8.36. The fourth-order valence-electron chi connectivity index (χ4n) is 1.08. The summed E-state index contributed by atoms with van der Waals surface area (Å²) in [6.07, 6.45) is 1.26. The average Bonchev–Trinajstić information content (AvgIpc) is 2.18. The molecule has 0 unspecified atom stereocenters. The van der Waals surface area contributed by atoms with Gasteiger partial charge in [-0.25, -0.2) is 4.98 Å². The number of nitrogens with zero attached hydrogens (tertiary/aromatic N) is 2. The van der Waals surface area contributed by atoms with Gasteiger partial charge < -0.3 is 15.4 Å². The molecule has 0 atom stereocenters. The predicted octanol–water partition coefficient (Wildman–Crippen LogP) is 1.08. The van der Waals surface area contributed by atoms with Crippen molar-refractivity contribution in [2.24, 2.45) is 5.73 Å². The number of halogens is 2. The van der Waals surface area contributed by atoms with E-state index in [9.17, 15) is 8.78 Å². The highest BCUT2D eigenvalue weighted by Gasteiger charge is 2.05. The van der Waals surface area contributed by atoms with E-state index in [2.05, 4.69) is 9.72 Å². The number of anilines is 1. The van der Waals surface area contributed by atoms with Gasteiger partial charge in [0.05, 0.1) is 6.20 Å². The third-order valence-electron chi connectivity index (χ3n) is 1.80. The van der Waals surface area contributed by atoms with E-state index in [0.717, 1.165) is 0 Å². The summed E-state index contributed by atoms with van der Waals surface area (Å²) in [5.41, 5.74) is 5.37. The highest BCUT2D eigenvalue weighted by atomic mass is 19.3. The van der Waals surface area contributed by atoms with Crippen molar-refractivity contribution in [1.29, 1.82) is 0 Å². The van der Waals surface area contributed by atoms with Gasteiger partial charge in [0.2, 0.25) is 0 Å². The SMILES string of the molecule is CN(CCN)c1ccc(OC(F)F)cn1. The van der Waals surface area contributed by atoms with Gasteiger partial charge in [0.25, 0.3) is 0 Å². The molecule has 0 fully saturated rings. The Labute approximate surface area is 86.7 Å². The van der Waals surface area contributed by atoms with Crippen LogP contribution in [0.25, 0.3) is 0 Å². The summed E-state index contributed by atoms with van der Waals surface area (Å²) in [5.74, 6) is 0.719. The molecule has 0 bridgehead atoms. The second-order valence-electron chi connectivity index (χ2n) is 2.94. The summed E-state index contributed by atoms with van der Waals surface area (Å²) in [5, 5.41) is 0. The molecule has 2 N–H and O–H groups in total. The molecular weight excluding hydrogens is 204 g/mol. The van der Waals surface area contributed by atoms with Crippen LogP contribution in [0.2, 0.25) is 0 Å². The lowest BCUT2D eigenvalue weighted by atomic mass is 10.4. The number of likely N-dealkylation sites (N-methyl/N-ethyl adjacent to an activating group) is 1. The maximum atomic E-state index is 11.8. The molecular formula is C9H13F2N3O. The summed E-state index contributed by atoms with van der Waals surface area (Å²) < 4.78 is 27.8. The molecule has 4 nitrogen and oxygen atoms in total. The highest BCUT2D eigenvalue weighted by Crippen LogP contribution is 2.16. The van der Waals surface area contributed by atoms with E-state index >= 15 is 0 Å². The van der Waals surface area contributed by atoms with Crippen molar-refractivity contribution in [2.75, 3.05) is 25.0 Å². The van der Waals surface area contributed by atoms with Crippen LogP contribution in [0.5, 0.6) is 5.75 Å². The second-order valence-corrected chi connectivity index (χ2v) is 2.94. The lowest BCUT2D eigenvalue weighted by Crippen LogP contribution is -2.25. The number of alkyl halides is 2. The topological polar surface area (TPSA) is 51.4 Å². The highest BCUT2D eigenvalue weighted by molar-refractivity contribution is 5.39. The van der Waals surface area contributed by atoms with Gasteiger partial charge in [-0.1, -0.05) is 0 Å². The Morgan fingerprint density at radius 3 is 2.73 bits per heavy atom. The van der Waals surface area contributed by atoms with E-state index in [-0.39, 0.29) is 5.75 Å². The molecule has 84 valence electrons. The molecule has 0 spiro atoms. The fraction of sp³-hybridized carbons (Fsp3) is 0.444. The van der Waals surface area contributed by atoms with E-state index in [1.807, 2.05) is 11.9 Å². The fourth-order valence-corrected chi connectivity index (χ4v) is 1.08. The van der Waals surface area contributed by atoms with Crippen LogP contribution in [0.15, 0.2) is 18.3 Å². The van der Waals surface area contributed by atoms with Gasteiger partial charge in [0.15, 0.2) is 0 Å². The average molecular weight is 217 g/mol. The molecule has 0 saturated heterocycles. The first kappa shape index (κ1) is 11.6. The van der Waals surface area contributed by atoms with E-state index in [1.165, 1.54) is 12.3 Å². The van der Waals surface area contributed by atoms with Gasteiger partial charge in [-0.2, -0.15) is 8.78 Å². The molecule has 1 rings (SSSR count). The van der Waals surface area contributed by atoms with Gasteiger partial charge in [-0.3, -0.25) is 0 Å². The summed E-state index contributed by atoms with van der Waals surface area (Å²) in [4.78, 5) is 5.79. The molecule has 0 saturated carbocycles. The monoisotopic (exact) mass is 217 g/mol. The molecule has 1 aromatic heterocycles. The van der Waals surface area contributed by atoms with Crippen molar-refractivity contribution in [2.45, 2.75) is 6.61 Å². The van der Waals surface area contributed by atoms with Crippen LogP contribution in [0.1, 0.15) is 0 Å². The molecule has 0 radical (unpaired) electrons. The van der Waals surface area contributed by atoms with E-state index in [0.29, 0.717) is 18.9 Å². The maximum Gasteiger partial charge on any atom is 0.387 e. The van der Waals surface area contributed by atoms with Crippen LogP contribution in [0, 0.1) is 0 Å². The van der Waals surface area contributed by atoms with Gasteiger partial charge in [-0.05, 0) is 12.1 Å². The lowest BCUT2D eigenvalue weighted by Gasteiger charge is -2.16. The second kappa shape index (κ2) is 5.45. The van der Waals surface area contributed by atoms with Gasteiger partial charge in [0.1, 0.15) is 11.6 Å². The molecule has 0 aliphatic heterocycles. The number of pyridine rings is 1. The van der Waals surface area contributed by atoms with E-state index in [1.54, 1.807) is 6.07 Å². The molecule has 0 aromatic carbocycles. The van der Waals surface area contributed by atoms with Crippen molar-refractivity contribution in [3.63, 3.8) is 0 Å². The van der Waals surface area contributed by atoms with Crippen molar-refractivity contribution in [1.82, 2.24) is 4.98 Å². The first-order chi connectivity index (χ1) is 7.13. The first-order valence-corrected chi connectivity index (χ1v) is 4.45. The Kier molecular flexibility index (Phi) is 4.23. The number of ether oxygens (including phenoxy) is 1. The quantitative estimate of drug-likeness (QED) is 0.801. The van der Waals surface area contributed by atoms with E-state index < -0.39 is 6.61 Å². The zero-order valence-electron chi connectivity index (χ0n) is 8.36. The molecule has 0 aliphatic rings. The number of hydrogen-bond acceptors (Lipinski definition) is 4. The smallest absolute Gasteiger partial charge is 0.387 e. The molecule has 1 aromatic rings. The van der Waals surface area contributed by atoms with Crippen molar-refractivity contribution in [3.8, 4) is 5.75 Å². The van der Waals surface area contributed by atoms with Gasteiger partial charge in [0, 0.05) is 20.1 Å². The maximum absolute atomic E-state index is 11.8. The minimum atomic E-state index is -2.82. The summed E-state index contributed by atoms with van der Waals surface area (Å²) in [6.45, 7) is -1.66. The normalized spacial score (nSPS) is 10.5. The van der Waals surface area contributed by atoms with Gasteiger partial charge in [-0.15, -0.1) is 0 Å². The number of aromatic nitrogens is 1. The van der Waals surface area contributed by atoms with Crippen molar-refractivity contribution in [3.05, 3.63) is 18.3 Å². The Balaban J connectivity index is 2.63. The molecule has 15 heavy (non-hydrogen) atoms. The minimum Gasteiger partial charge on any atom is -0.433 e. The minimum absolute atomic E-state index is 0.0508. The molecule has 0 amide bonds. The Bertz CT molecular complexity index is 292. The van der Waals surface area contributed by atoms with Crippen LogP contribution in [0.3, 0.4) is 0 Å². The zero-order chi connectivity index (χ0) is 11.3. The molecule has 6 heteroatoms. The summed E-state index contributed by atoms with van der Waals surface area (Å²) in [7, 11) is 1.82. The van der Waals surface area contributed by atoms with Gasteiger partial charge >= 0.3 is 6.61 Å². The third-order valence-corrected chi connectivity index (χ3v) is 1.80. The molecule has 1 heterocycles. The predicted molar refractivity (Wildman–Crippen MR) is 53.2 cm³/mol. The Morgan fingerprint density at radius 1 is 1.53 bits per heavy atom. The first-order valence-electron chi connectivity index (χ1n) is 4.45. The Morgan fingerprint density at radius 2 is 2.27 bits per heavy atom. The summed E-state index contributed by atoms with van der Waals surface area (Å²) in [6, 6.07) is 3.05. The van der Waals surface area contributed by atoms with E-state index in [4.69, 9.17) is 5.73 Å². The lowest BCUT2D eigenvalue weighted by molar-refractivity contribution is -0.0500. The third kappa shape index (κ3) is 3.67. The number of hydrogen-bond donors (Lipinski definition) is 1. The van der Waals surface area contributed by atoms with Crippen LogP contribution in [0.4, 0.5) is 14.6 Å². The number of rotatable bonds is 5. The largest absolute Gasteiger partial charge is 0.433 e. The van der Waals surface area contributed by atoms with Crippen LogP contribution in [-0.2, 0) is 0 Å². The Hall–Kier alpha value is -1.43.